The summed E-state index contributed by atoms with van der Waals surface area (Å²) in [5.41, 5.74) is 42.3. The van der Waals surface area contributed by atoms with Gasteiger partial charge in [-0.15, -0.1) is 0 Å². The lowest BCUT2D eigenvalue weighted by atomic mass is 9.67. The minimum Gasteiger partial charge on any atom is -0.310 e. The molecule has 4 aliphatic rings. The van der Waals surface area contributed by atoms with Crippen molar-refractivity contribution in [1.82, 2.24) is 0 Å². The maximum atomic E-state index is 2.51. The Kier molecular flexibility index (Phi) is 16.5. The van der Waals surface area contributed by atoms with Crippen molar-refractivity contribution in [3.05, 3.63) is 504 Å². The normalized spacial score (nSPS) is 14.8. The summed E-state index contributed by atoms with van der Waals surface area (Å²) in [4.78, 5) is 4.98. The number of fused-ring (bicyclic) bond motifs is 12. The number of rotatable bonds is 15. The summed E-state index contributed by atoms with van der Waals surface area (Å²) in [5, 5.41) is 0. The lowest BCUT2D eigenvalue weighted by Crippen LogP contribution is -2.29. The van der Waals surface area contributed by atoms with Crippen LogP contribution in [0.15, 0.2) is 437 Å². The maximum absolute atomic E-state index is 2.51. The van der Waals surface area contributed by atoms with Crippen LogP contribution in [0.3, 0.4) is 0 Å². The quantitative estimate of drug-likeness (QED) is 0.101. The van der Waals surface area contributed by atoms with Gasteiger partial charge in [-0.1, -0.05) is 380 Å². The second-order valence-corrected chi connectivity index (χ2v) is 33.4. The first-order valence-electron chi connectivity index (χ1n) is 41.4. The van der Waals surface area contributed by atoms with E-state index in [1.54, 1.807) is 0 Å². The van der Waals surface area contributed by atoms with Gasteiger partial charge in [0.1, 0.15) is 0 Å². The molecular weight excluding hydrogens is 1420 g/mol. The Hall–Kier alpha value is -14.4. The van der Waals surface area contributed by atoms with Crippen LogP contribution in [0.1, 0.15) is 94.5 Å². The van der Waals surface area contributed by atoms with Crippen LogP contribution in [-0.2, 0) is 21.7 Å². The van der Waals surface area contributed by atoms with E-state index in [4.69, 9.17) is 0 Å². The molecule has 0 amide bonds. The molecule has 0 bridgehead atoms. The van der Waals surface area contributed by atoms with Crippen molar-refractivity contribution in [2.75, 3.05) is 9.80 Å². The van der Waals surface area contributed by atoms with Gasteiger partial charge in [-0.05, 0) is 252 Å². The van der Waals surface area contributed by atoms with Gasteiger partial charge < -0.3 is 9.80 Å². The topological polar surface area (TPSA) is 6.48 Å². The predicted molar refractivity (Wildman–Crippen MR) is 493 cm³/mol. The fraction of sp³-hybridized carbons (Fsp3) is 0.0690. The van der Waals surface area contributed by atoms with Crippen molar-refractivity contribution in [3.8, 4) is 100 Å². The van der Waals surface area contributed by atoms with Crippen molar-refractivity contribution in [2.24, 2.45) is 0 Å². The summed E-state index contributed by atoms with van der Waals surface area (Å²) in [6, 6.07) is 164. The molecule has 2 heteroatoms. The van der Waals surface area contributed by atoms with E-state index in [1.165, 1.54) is 134 Å². The van der Waals surface area contributed by atoms with E-state index in [2.05, 4.69) is 474 Å². The molecule has 558 valence electrons. The third-order valence-electron chi connectivity index (χ3n) is 26.5. The highest BCUT2D eigenvalue weighted by molar-refractivity contribution is 5.95. The summed E-state index contributed by atoms with van der Waals surface area (Å²) in [6.07, 6.45) is 0. The van der Waals surface area contributed by atoms with E-state index in [1.807, 2.05) is 0 Å². The molecule has 0 radical (unpaired) electrons. The molecule has 1 atom stereocenters. The Morgan fingerprint density at radius 2 is 0.390 bits per heavy atom. The molecule has 0 fully saturated rings. The van der Waals surface area contributed by atoms with Gasteiger partial charge in [-0.25, -0.2) is 0 Å². The highest BCUT2D eigenvalue weighted by Gasteiger charge is 2.49. The molecular formula is C116H84N2. The number of hydrogen-bond donors (Lipinski definition) is 0. The molecule has 118 heavy (non-hydrogen) atoms. The maximum Gasteiger partial charge on any atom is 0.0714 e. The first-order chi connectivity index (χ1) is 58.0. The third-order valence-corrected chi connectivity index (χ3v) is 26.5. The molecule has 0 heterocycles. The highest BCUT2D eigenvalue weighted by Crippen LogP contribution is 2.61. The van der Waals surface area contributed by atoms with Gasteiger partial charge in [-0.2, -0.15) is 0 Å². The van der Waals surface area contributed by atoms with Gasteiger partial charge in [0.25, 0.3) is 0 Å². The average Bonchev–Trinajstić information content (AvgIpc) is 1.53. The Bertz CT molecular complexity index is 6920. The van der Waals surface area contributed by atoms with Gasteiger partial charge in [-0.3, -0.25) is 0 Å². The number of benzene rings is 18. The van der Waals surface area contributed by atoms with E-state index in [0.29, 0.717) is 0 Å². The Balaban J connectivity index is 0.616. The summed E-state index contributed by atoms with van der Waals surface area (Å²) < 4.78 is 0. The lowest BCUT2D eigenvalue weighted by molar-refractivity contribution is 0.660. The molecule has 1 unspecified atom stereocenters. The summed E-state index contributed by atoms with van der Waals surface area (Å²) in [7, 11) is 0. The van der Waals surface area contributed by atoms with Crippen LogP contribution in [0.4, 0.5) is 34.1 Å². The summed E-state index contributed by atoms with van der Waals surface area (Å²) in [6.45, 7) is 9.52. The molecule has 0 saturated heterocycles. The van der Waals surface area contributed by atoms with Gasteiger partial charge in [0.05, 0.1) is 10.8 Å². The Morgan fingerprint density at radius 1 is 0.144 bits per heavy atom. The van der Waals surface area contributed by atoms with Crippen molar-refractivity contribution in [1.29, 1.82) is 0 Å². The predicted octanol–water partition coefficient (Wildman–Crippen LogP) is 30.3. The molecule has 0 aromatic heterocycles. The third kappa shape index (κ3) is 10.9. The second-order valence-electron chi connectivity index (χ2n) is 33.4. The minimum atomic E-state index is -0.687. The van der Waals surface area contributed by atoms with Crippen LogP contribution in [0.2, 0.25) is 0 Å². The highest BCUT2D eigenvalue weighted by atomic mass is 15.1. The van der Waals surface area contributed by atoms with Crippen LogP contribution in [0.25, 0.3) is 100 Å². The van der Waals surface area contributed by atoms with E-state index >= 15 is 0 Å². The Labute approximate surface area is 692 Å². The zero-order valence-corrected chi connectivity index (χ0v) is 66.5. The van der Waals surface area contributed by atoms with Crippen molar-refractivity contribution in [2.45, 2.75) is 49.4 Å². The number of anilines is 6. The molecule has 0 N–H and O–H groups in total. The van der Waals surface area contributed by atoms with E-state index in [0.717, 1.165) is 67.5 Å². The fourth-order valence-corrected chi connectivity index (χ4v) is 20.9. The first-order valence-corrected chi connectivity index (χ1v) is 41.4. The van der Waals surface area contributed by atoms with Crippen molar-refractivity contribution < 1.29 is 0 Å². The SMILES string of the molecule is CC1(C)c2ccccc2-c2ccc(N(c3ccc(-c4cccc(-c5ccc(-c6cccc(C7(c8ccccc8)c8ccccc8-c8ccc(N(c9ccc(-c%10ccccc%10-c%10ccccc%10)cc9)c9ccc%10c(c9)C(C)(C)c9ccccc9-%10)cc87)c6)cc5)c4)cc3)c3ccc4c(c3)C(c3ccccc3)(c3ccccc3)c3ccccc3-4)cc21. The molecule has 4 aliphatic carbocycles. The Morgan fingerprint density at radius 3 is 0.788 bits per heavy atom. The summed E-state index contributed by atoms with van der Waals surface area (Å²) in [5.74, 6) is 0. The molecule has 18 aromatic carbocycles. The average molecular weight is 1510 g/mol. The van der Waals surface area contributed by atoms with E-state index in [9.17, 15) is 0 Å². The van der Waals surface area contributed by atoms with Crippen LogP contribution in [0, 0.1) is 0 Å². The van der Waals surface area contributed by atoms with Gasteiger partial charge >= 0.3 is 0 Å². The van der Waals surface area contributed by atoms with Crippen LogP contribution in [-0.4, -0.2) is 0 Å². The zero-order chi connectivity index (χ0) is 78.9. The van der Waals surface area contributed by atoms with Gasteiger partial charge in [0.2, 0.25) is 0 Å². The van der Waals surface area contributed by atoms with E-state index < -0.39 is 10.8 Å². The van der Waals surface area contributed by atoms with Crippen molar-refractivity contribution in [3.63, 3.8) is 0 Å². The smallest absolute Gasteiger partial charge is 0.0714 e. The van der Waals surface area contributed by atoms with Gasteiger partial charge in [0, 0.05) is 45.0 Å². The molecule has 0 saturated carbocycles. The van der Waals surface area contributed by atoms with Crippen LogP contribution >= 0.6 is 0 Å². The first kappa shape index (κ1) is 70.2. The molecule has 2 nitrogen and oxygen atoms in total. The number of hydrogen-bond acceptors (Lipinski definition) is 2. The van der Waals surface area contributed by atoms with Crippen LogP contribution < -0.4 is 9.80 Å². The number of nitrogens with zero attached hydrogens (tertiary/aromatic N) is 2. The van der Waals surface area contributed by atoms with Crippen LogP contribution in [0.5, 0.6) is 0 Å². The molecule has 18 aromatic rings. The summed E-state index contributed by atoms with van der Waals surface area (Å²) >= 11 is 0. The molecule has 22 rings (SSSR count). The van der Waals surface area contributed by atoms with Crippen molar-refractivity contribution >= 4 is 34.1 Å². The monoisotopic (exact) mass is 1500 g/mol. The molecule has 0 aliphatic heterocycles. The largest absolute Gasteiger partial charge is 0.310 e. The van der Waals surface area contributed by atoms with Gasteiger partial charge in [0.15, 0.2) is 0 Å². The lowest BCUT2D eigenvalue weighted by Gasteiger charge is -2.35. The second kappa shape index (κ2) is 27.7. The fourth-order valence-electron chi connectivity index (χ4n) is 20.9. The zero-order valence-electron chi connectivity index (χ0n) is 66.5. The van der Waals surface area contributed by atoms with E-state index in [-0.39, 0.29) is 10.8 Å². The molecule has 0 spiro atoms. The standard InChI is InChI=1S/C116H84N2/c1-113(2)105-47-23-19-43-97(105)101-67-63-91(73-109(101)113)117(93-65-69-103-99-45-21-25-49-107(99)115(111(103)75-93,85-34-11-6-12-35-85)86-36-13-7-14-37-86)89-59-55-79(56-60-89)83-32-27-31-82(71-83)77-51-53-78(54-52-77)84-33-28-40-88(72-84)116(87-38-15-8-16-39-87)108-50-26-22-46-100(108)104-70-66-94(76-112(104)116)118(92-64-68-102-98-44-20-24-48-106(98)114(3,4)110(102)74-92)90-61-57-81(58-62-90)96-42-18-17-41-95(96)80-29-9-5-10-30-80/h5-76H,1-4H3. The minimum absolute atomic E-state index is 0.187.